The van der Waals surface area contributed by atoms with Gasteiger partial charge >= 0.3 is 0 Å². The smallest absolute Gasteiger partial charge is 0.289 e. The Kier molecular flexibility index (Phi) is 3.02. The number of nitrogens with zero attached hydrogens (tertiary/aromatic N) is 3. The van der Waals surface area contributed by atoms with Gasteiger partial charge in [-0.2, -0.15) is 5.10 Å². The topological polar surface area (TPSA) is 51.3 Å². The quantitative estimate of drug-likeness (QED) is 0.733. The summed E-state index contributed by atoms with van der Waals surface area (Å²) in [5.41, 5.74) is 1.71. The normalized spacial score (nSPS) is 10.9. The molecule has 1 amide bonds. The highest BCUT2D eigenvalue weighted by Crippen LogP contribution is 2.20. The lowest BCUT2D eigenvalue weighted by Crippen LogP contribution is -2.25. The third-order valence-corrected chi connectivity index (χ3v) is 3.16. The largest absolute Gasteiger partial charge is 0.451 e. The molecule has 3 rings (SSSR count). The second kappa shape index (κ2) is 4.85. The number of furan rings is 1. The zero-order chi connectivity index (χ0) is 14.1. The van der Waals surface area contributed by atoms with Gasteiger partial charge in [0.25, 0.3) is 5.91 Å². The highest BCUT2D eigenvalue weighted by molar-refractivity contribution is 5.95. The van der Waals surface area contributed by atoms with Gasteiger partial charge in [-0.1, -0.05) is 18.2 Å². The monoisotopic (exact) mass is 269 g/mol. The van der Waals surface area contributed by atoms with Gasteiger partial charge in [0.1, 0.15) is 5.58 Å². The number of benzene rings is 1. The molecule has 0 fully saturated rings. The van der Waals surface area contributed by atoms with Crippen LogP contribution in [0.4, 0.5) is 0 Å². The standard InChI is InChI=1S/C15H15N3O2/c1-17(9-11-8-16-18(2)10-11)15(19)14-7-12-5-3-4-6-13(12)20-14/h3-8,10H,9H2,1-2H3. The number of fused-ring (bicyclic) bond motifs is 1. The molecule has 0 N–H and O–H groups in total. The first-order valence-corrected chi connectivity index (χ1v) is 6.35. The van der Waals surface area contributed by atoms with Gasteiger partial charge in [-0.3, -0.25) is 9.48 Å². The molecule has 20 heavy (non-hydrogen) atoms. The third-order valence-electron chi connectivity index (χ3n) is 3.16. The van der Waals surface area contributed by atoms with E-state index >= 15 is 0 Å². The maximum Gasteiger partial charge on any atom is 0.289 e. The van der Waals surface area contributed by atoms with Crippen LogP contribution in [0.3, 0.4) is 0 Å². The Labute approximate surface area is 116 Å². The molecule has 1 aromatic carbocycles. The molecular weight excluding hydrogens is 254 g/mol. The summed E-state index contributed by atoms with van der Waals surface area (Å²) in [6.45, 7) is 0.504. The number of hydrogen-bond donors (Lipinski definition) is 0. The first-order valence-electron chi connectivity index (χ1n) is 6.35. The lowest BCUT2D eigenvalue weighted by Gasteiger charge is -2.14. The van der Waals surface area contributed by atoms with Crippen LogP contribution in [0.2, 0.25) is 0 Å². The second-order valence-electron chi connectivity index (χ2n) is 4.83. The molecule has 0 unspecified atom stereocenters. The minimum absolute atomic E-state index is 0.134. The number of carbonyl (C=O) groups excluding carboxylic acids is 1. The lowest BCUT2D eigenvalue weighted by atomic mass is 10.2. The van der Waals surface area contributed by atoms with Crippen molar-refractivity contribution >= 4 is 16.9 Å². The van der Waals surface area contributed by atoms with Gasteiger partial charge in [-0.05, 0) is 12.1 Å². The van der Waals surface area contributed by atoms with Gasteiger partial charge in [0.2, 0.25) is 0 Å². The third kappa shape index (κ3) is 2.30. The van der Waals surface area contributed by atoms with E-state index in [1.807, 2.05) is 37.5 Å². The summed E-state index contributed by atoms with van der Waals surface area (Å²) in [5.74, 6) is 0.225. The molecule has 0 aliphatic carbocycles. The van der Waals surface area contributed by atoms with E-state index in [4.69, 9.17) is 4.42 Å². The van der Waals surface area contributed by atoms with Crippen molar-refractivity contribution in [1.82, 2.24) is 14.7 Å². The van der Waals surface area contributed by atoms with Gasteiger partial charge in [-0.25, -0.2) is 0 Å². The Bertz CT molecular complexity index is 724. The van der Waals surface area contributed by atoms with Crippen molar-refractivity contribution in [1.29, 1.82) is 0 Å². The minimum Gasteiger partial charge on any atom is -0.451 e. The fraction of sp³-hybridized carbons (Fsp3) is 0.200. The number of para-hydroxylation sites is 1. The SMILES string of the molecule is CN(Cc1cnn(C)c1)C(=O)c1cc2ccccc2o1. The molecule has 5 nitrogen and oxygen atoms in total. The van der Waals surface area contributed by atoms with Crippen molar-refractivity contribution in [2.45, 2.75) is 6.54 Å². The van der Waals surface area contributed by atoms with Gasteiger partial charge in [0.15, 0.2) is 5.76 Å². The van der Waals surface area contributed by atoms with Crippen molar-refractivity contribution < 1.29 is 9.21 Å². The highest BCUT2D eigenvalue weighted by Gasteiger charge is 2.17. The maximum absolute atomic E-state index is 12.3. The first-order chi connectivity index (χ1) is 9.63. The van der Waals surface area contributed by atoms with Crippen LogP contribution in [0, 0.1) is 0 Å². The van der Waals surface area contributed by atoms with E-state index in [2.05, 4.69) is 5.10 Å². The van der Waals surface area contributed by atoms with Gasteiger partial charge in [0.05, 0.1) is 6.20 Å². The van der Waals surface area contributed by atoms with Gasteiger partial charge in [0, 0.05) is 37.8 Å². The molecule has 0 aliphatic heterocycles. The summed E-state index contributed by atoms with van der Waals surface area (Å²) in [7, 11) is 3.60. The zero-order valence-electron chi connectivity index (χ0n) is 11.4. The predicted molar refractivity (Wildman–Crippen MR) is 75.2 cm³/mol. The summed E-state index contributed by atoms with van der Waals surface area (Å²) in [5, 5.41) is 5.03. The molecule has 2 aromatic heterocycles. The maximum atomic E-state index is 12.3. The minimum atomic E-state index is -0.134. The van der Waals surface area contributed by atoms with Crippen LogP contribution in [0.25, 0.3) is 11.0 Å². The van der Waals surface area contributed by atoms with Crippen molar-refractivity contribution in [3.8, 4) is 0 Å². The average Bonchev–Trinajstić information content (AvgIpc) is 3.03. The van der Waals surface area contributed by atoms with Crippen molar-refractivity contribution in [2.24, 2.45) is 7.05 Å². The van der Waals surface area contributed by atoms with Crippen molar-refractivity contribution in [2.75, 3.05) is 7.05 Å². The van der Waals surface area contributed by atoms with Crippen LogP contribution < -0.4 is 0 Å². The Balaban J connectivity index is 1.80. The molecule has 2 heterocycles. The van der Waals surface area contributed by atoms with Crippen molar-refractivity contribution in [3.05, 3.63) is 54.0 Å². The summed E-state index contributed by atoms with van der Waals surface area (Å²) in [6.07, 6.45) is 3.64. The van der Waals surface area contributed by atoms with Crippen LogP contribution in [-0.2, 0) is 13.6 Å². The van der Waals surface area contributed by atoms with Gasteiger partial charge < -0.3 is 9.32 Å². The highest BCUT2D eigenvalue weighted by atomic mass is 16.3. The van der Waals surface area contributed by atoms with Crippen LogP contribution in [0.5, 0.6) is 0 Å². The second-order valence-corrected chi connectivity index (χ2v) is 4.83. The number of rotatable bonds is 3. The Morgan fingerprint density at radius 3 is 2.90 bits per heavy atom. The van der Waals surface area contributed by atoms with E-state index in [0.717, 1.165) is 16.5 Å². The number of aromatic nitrogens is 2. The molecule has 0 radical (unpaired) electrons. The number of amides is 1. The number of carbonyl (C=O) groups is 1. The Morgan fingerprint density at radius 2 is 2.20 bits per heavy atom. The summed E-state index contributed by atoms with van der Waals surface area (Å²) < 4.78 is 7.30. The summed E-state index contributed by atoms with van der Waals surface area (Å²) >= 11 is 0. The zero-order valence-corrected chi connectivity index (χ0v) is 11.4. The number of aryl methyl sites for hydroxylation is 1. The van der Waals surface area contributed by atoms with Crippen molar-refractivity contribution in [3.63, 3.8) is 0 Å². The van der Waals surface area contributed by atoms with E-state index in [1.165, 1.54) is 0 Å². The molecule has 0 aliphatic rings. The molecule has 3 aromatic rings. The first kappa shape index (κ1) is 12.5. The molecule has 0 saturated carbocycles. The van der Waals surface area contributed by atoms with E-state index in [1.54, 1.807) is 28.9 Å². The van der Waals surface area contributed by atoms with Gasteiger partial charge in [-0.15, -0.1) is 0 Å². The predicted octanol–water partition coefficient (Wildman–Crippen LogP) is 2.44. The molecular formula is C15H15N3O2. The average molecular weight is 269 g/mol. The molecule has 0 atom stereocenters. The fourth-order valence-electron chi connectivity index (χ4n) is 2.17. The summed E-state index contributed by atoms with van der Waals surface area (Å²) in [4.78, 5) is 14.0. The molecule has 0 bridgehead atoms. The van der Waals surface area contributed by atoms with E-state index in [0.29, 0.717) is 12.3 Å². The molecule has 5 heteroatoms. The van der Waals surface area contributed by atoms with E-state index in [-0.39, 0.29) is 5.91 Å². The van der Waals surface area contributed by atoms with Crippen LogP contribution in [0.15, 0.2) is 47.1 Å². The van der Waals surface area contributed by atoms with Crippen LogP contribution in [-0.4, -0.2) is 27.6 Å². The lowest BCUT2D eigenvalue weighted by molar-refractivity contribution is 0.0756. The molecule has 102 valence electrons. The van der Waals surface area contributed by atoms with Crippen LogP contribution >= 0.6 is 0 Å². The fourth-order valence-corrected chi connectivity index (χ4v) is 2.17. The molecule has 0 saturated heterocycles. The Hall–Kier alpha value is -2.56. The Morgan fingerprint density at radius 1 is 1.40 bits per heavy atom. The van der Waals surface area contributed by atoms with Crippen LogP contribution in [0.1, 0.15) is 16.1 Å². The summed E-state index contributed by atoms with van der Waals surface area (Å²) in [6, 6.07) is 9.37. The van der Waals surface area contributed by atoms with E-state index < -0.39 is 0 Å². The number of hydrogen-bond acceptors (Lipinski definition) is 3. The molecule has 0 spiro atoms. The van der Waals surface area contributed by atoms with E-state index in [9.17, 15) is 4.79 Å².